The van der Waals surface area contributed by atoms with Crippen LogP contribution < -0.4 is 0 Å². The van der Waals surface area contributed by atoms with E-state index in [4.69, 9.17) is 5.11 Å². The molecule has 0 heterocycles. The molecule has 0 aliphatic heterocycles. The number of rotatable bonds is 1. The third-order valence-corrected chi connectivity index (χ3v) is 2.38. The number of fused-ring (bicyclic) bond motifs is 1. The number of aliphatic carboxylic acids is 1. The molecule has 1 aliphatic carbocycles. The van der Waals surface area contributed by atoms with E-state index in [0.717, 1.165) is 23.6 Å². The second-order valence-corrected chi connectivity index (χ2v) is 3.31. The van der Waals surface area contributed by atoms with Gasteiger partial charge in [0.2, 0.25) is 0 Å². The molecule has 72 valence electrons. The molecule has 0 atom stereocenters. The second kappa shape index (κ2) is 3.25. The van der Waals surface area contributed by atoms with Gasteiger partial charge in [-0.2, -0.15) is 0 Å². The van der Waals surface area contributed by atoms with Crippen LogP contribution in [-0.2, 0) is 11.2 Å². The Morgan fingerprint density at radius 1 is 1.43 bits per heavy atom. The summed E-state index contributed by atoms with van der Waals surface area (Å²) in [5, 5.41) is 8.60. The number of carboxylic acids is 1. The molecule has 0 bridgehead atoms. The highest BCUT2D eigenvalue weighted by Crippen LogP contribution is 2.32. The maximum absolute atomic E-state index is 12.9. The number of carbonyl (C=O) groups is 1. The minimum atomic E-state index is -0.975. The van der Waals surface area contributed by atoms with Gasteiger partial charge in [-0.15, -0.1) is 0 Å². The van der Waals surface area contributed by atoms with Gasteiger partial charge in [0.1, 0.15) is 5.82 Å². The highest BCUT2D eigenvalue weighted by molar-refractivity contribution is 5.91. The Labute approximate surface area is 80.7 Å². The van der Waals surface area contributed by atoms with Crippen molar-refractivity contribution in [2.75, 3.05) is 0 Å². The maximum atomic E-state index is 12.9. The molecular formula is C11H9FO2. The van der Waals surface area contributed by atoms with Gasteiger partial charge in [-0.1, -0.05) is 6.07 Å². The van der Waals surface area contributed by atoms with Crippen molar-refractivity contribution >= 4 is 11.5 Å². The summed E-state index contributed by atoms with van der Waals surface area (Å²) in [5.74, 6) is -1.29. The van der Waals surface area contributed by atoms with Crippen molar-refractivity contribution in [3.63, 3.8) is 0 Å². The van der Waals surface area contributed by atoms with Crippen LogP contribution in [0.4, 0.5) is 4.39 Å². The van der Waals surface area contributed by atoms with Crippen LogP contribution in [0.2, 0.25) is 0 Å². The normalized spacial score (nSPS) is 17.1. The van der Waals surface area contributed by atoms with E-state index in [1.54, 1.807) is 6.07 Å². The van der Waals surface area contributed by atoms with Gasteiger partial charge in [-0.3, -0.25) is 0 Å². The number of hydrogen-bond acceptors (Lipinski definition) is 1. The molecule has 2 nitrogen and oxygen atoms in total. The van der Waals surface area contributed by atoms with Crippen LogP contribution in [0.15, 0.2) is 24.3 Å². The first kappa shape index (κ1) is 8.94. The highest BCUT2D eigenvalue weighted by Gasteiger charge is 2.17. The molecule has 0 spiro atoms. The van der Waals surface area contributed by atoms with Crippen LogP contribution in [0.5, 0.6) is 0 Å². The molecule has 0 saturated heterocycles. The largest absolute Gasteiger partial charge is 0.478 e. The third kappa shape index (κ3) is 1.53. The first-order valence-electron chi connectivity index (χ1n) is 4.39. The minimum absolute atomic E-state index is 0.318. The van der Waals surface area contributed by atoms with Gasteiger partial charge in [-0.25, -0.2) is 9.18 Å². The van der Waals surface area contributed by atoms with Gasteiger partial charge in [0.25, 0.3) is 0 Å². The Balaban J connectivity index is 2.48. The van der Waals surface area contributed by atoms with E-state index >= 15 is 0 Å². The Morgan fingerprint density at radius 2 is 2.21 bits per heavy atom. The Bertz CT molecular complexity index is 421. The monoisotopic (exact) mass is 192 g/mol. The lowest BCUT2D eigenvalue weighted by atomic mass is 10.1. The van der Waals surface area contributed by atoms with Crippen LogP contribution in [-0.4, -0.2) is 11.1 Å². The molecule has 0 radical (unpaired) electrons. The van der Waals surface area contributed by atoms with E-state index in [0.29, 0.717) is 12.0 Å². The second-order valence-electron chi connectivity index (χ2n) is 3.31. The van der Waals surface area contributed by atoms with Gasteiger partial charge in [0.15, 0.2) is 0 Å². The summed E-state index contributed by atoms with van der Waals surface area (Å²) in [5.41, 5.74) is 2.48. The fourth-order valence-electron chi connectivity index (χ4n) is 1.77. The quantitative estimate of drug-likeness (QED) is 0.693. The summed E-state index contributed by atoms with van der Waals surface area (Å²) in [6.07, 6.45) is 2.64. The third-order valence-electron chi connectivity index (χ3n) is 2.38. The standard InChI is InChI=1S/C11H9FO2/c12-9-4-3-7-1-2-8(5-11(13)14)10(7)6-9/h3-6H,1-2H2,(H,13,14). The van der Waals surface area contributed by atoms with Crippen LogP contribution in [0.25, 0.3) is 5.57 Å². The summed E-state index contributed by atoms with van der Waals surface area (Å²) in [7, 11) is 0. The minimum Gasteiger partial charge on any atom is -0.478 e. The summed E-state index contributed by atoms with van der Waals surface area (Å²) < 4.78 is 12.9. The van der Waals surface area contributed by atoms with E-state index in [-0.39, 0.29) is 5.82 Å². The zero-order chi connectivity index (χ0) is 10.1. The predicted octanol–water partition coefficient (Wildman–Crippen LogP) is 2.24. The number of aryl methyl sites for hydroxylation is 1. The number of carboxylic acid groups (broad SMARTS) is 1. The van der Waals surface area contributed by atoms with Crippen molar-refractivity contribution in [1.82, 2.24) is 0 Å². The fraction of sp³-hybridized carbons (Fsp3) is 0.182. The lowest BCUT2D eigenvalue weighted by Crippen LogP contribution is -1.90. The molecule has 0 saturated carbocycles. The molecule has 14 heavy (non-hydrogen) atoms. The Hall–Kier alpha value is -1.64. The van der Waals surface area contributed by atoms with Crippen LogP contribution in [0.1, 0.15) is 17.5 Å². The van der Waals surface area contributed by atoms with Crippen molar-refractivity contribution in [2.24, 2.45) is 0 Å². The number of benzene rings is 1. The zero-order valence-electron chi connectivity index (χ0n) is 7.46. The summed E-state index contributed by atoms with van der Waals surface area (Å²) in [4.78, 5) is 10.5. The lowest BCUT2D eigenvalue weighted by molar-refractivity contribution is -0.131. The van der Waals surface area contributed by atoms with E-state index in [9.17, 15) is 9.18 Å². The zero-order valence-corrected chi connectivity index (χ0v) is 7.46. The first-order valence-corrected chi connectivity index (χ1v) is 4.39. The molecule has 2 rings (SSSR count). The van der Waals surface area contributed by atoms with Gasteiger partial charge in [-0.05, 0) is 41.7 Å². The Kier molecular flexibility index (Phi) is 2.08. The maximum Gasteiger partial charge on any atom is 0.328 e. The van der Waals surface area contributed by atoms with Gasteiger partial charge in [0, 0.05) is 6.08 Å². The molecule has 1 N–H and O–H groups in total. The van der Waals surface area contributed by atoms with Crippen LogP contribution >= 0.6 is 0 Å². The van der Waals surface area contributed by atoms with Gasteiger partial charge < -0.3 is 5.11 Å². The van der Waals surface area contributed by atoms with E-state index in [1.165, 1.54) is 12.1 Å². The molecule has 1 aromatic carbocycles. The Morgan fingerprint density at radius 3 is 2.93 bits per heavy atom. The summed E-state index contributed by atoms with van der Waals surface area (Å²) >= 11 is 0. The average Bonchev–Trinajstić information content (AvgIpc) is 2.47. The van der Waals surface area contributed by atoms with E-state index in [1.807, 2.05) is 0 Å². The topological polar surface area (TPSA) is 37.3 Å². The van der Waals surface area contributed by atoms with Crippen molar-refractivity contribution in [3.05, 3.63) is 41.2 Å². The van der Waals surface area contributed by atoms with Crippen molar-refractivity contribution in [3.8, 4) is 0 Å². The molecule has 0 unspecified atom stereocenters. The van der Waals surface area contributed by atoms with Crippen molar-refractivity contribution in [1.29, 1.82) is 0 Å². The number of halogens is 1. The molecule has 3 heteroatoms. The van der Waals surface area contributed by atoms with Crippen molar-refractivity contribution < 1.29 is 14.3 Å². The molecule has 1 aromatic rings. The highest BCUT2D eigenvalue weighted by atomic mass is 19.1. The van der Waals surface area contributed by atoms with E-state index in [2.05, 4.69) is 0 Å². The first-order chi connectivity index (χ1) is 6.66. The lowest BCUT2D eigenvalue weighted by Gasteiger charge is -1.99. The number of allylic oxidation sites excluding steroid dienone is 1. The smallest absolute Gasteiger partial charge is 0.328 e. The summed E-state index contributed by atoms with van der Waals surface area (Å²) in [6, 6.07) is 4.52. The molecule has 0 fully saturated rings. The summed E-state index contributed by atoms with van der Waals surface area (Å²) in [6.45, 7) is 0. The van der Waals surface area contributed by atoms with E-state index < -0.39 is 5.97 Å². The molecule has 0 amide bonds. The fourth-order valence-corrected chi connectivity index (χ4v) is 1.77. The number of hydrogen-bond donors (Lipinski definition) is 1. The average molecular weight is 192 g/mol. The predicted molar refractivity (Wildman–Crippen MR) is 50.3 cm³/mol. The SMILES string of the molecule is O=C(O)C=C1CCc2ccc(F)cc21. The molecule has 0 aromatic heterocycles. The molecular weight excluding hydrogens is 183 g/mol. The van der Waals surface area contributed by atoms with Crippen molar-refractivity contribution in [2.45, 2.75) is 12.8 Å². The van der Waals surface area contributed by atoms with Crippen LogP contribution in [0.3, 0.4) is 0 Å². The van der Waals surface area contributed by atoms with Gasteiger partial charge >= 0.3 is 5.97 Å². The van der Waals surface area contributed by atoms with Gasteiger partial charge in [0.05, 0.1) is 0 Å². The molecule has 1 aliphatic rings. The van der Waals surface area contributed by atoms with Crippen LogP contribution in [0, 0.1) is 5.82 Å².